The Bertz CT molecular complexity index is 759. The topological polar surface area (TPSA) is 37.8 Å². The summed E-state index contributed by atoms with van der Waals surface area (Å²) in [6, 6.07) is 17.7. The number of halogens is 1. The van der Waals surface area contributed by atoms with Crippen LogP contribution < -0.4 is 5.32 Å². The summed E-state index contributed by atoms with van der Waals surface area (Å²) < 4.78 is 13.6. The van der Waals surface area contributed by atoms with Crippen LogP contribution in [0.4, 0.5) is 10.2 Å². The van der Waals surface area contributed by atoms with Gasteiger partial charge < -0.3 is 5.32 Å². The quantitative estimate of drug-likeness (QED) is 0.786. The van der Waals surface area contributed by atoms with Crippen LogP contribution in [0.5, 0.6) is 0 Å². The van der Waals surface area contributed by atoms with E-state index in [-0.39, 0.29) is 11.9 Å². The lowest BCUT2D eigenvalue weighted by Crippen LogP contribution is -2.15. The second-order valence-corrected chi connectivity index (χ2v) is 5.05. The number of aromatic nitrogens is 2. The second kappa shape index (κ2) is 6.35. The molecule has 3 aromatic rings. The summed E-state index contributed by atoms with van der Waals surface area (Å²) in [7, 11) is 0. The van der Waals surface area contributed by atoms with Crippen molar-refractivity contribution in [2.24, 2.45) is 0 Å². The fourth-order valence-corrected chi connectivity index (χ4v) is 2.33. The smallest absolute Gasteiger partial charge is 0.126 e. The molecule has 0 fully saturated rings. The van der Waals surface area contributed by atoms with E-state index < -0.39 is 0 Å². The lowest BCUT2D eigenvalue weighted by Gasteiger charge is -2.19. The third kappa shape index (κ3) is 3.28. The number of pyridine rings is 2. The van der Waals surface area contributed by atoms with Crippen LogP contribution in [-0.4, -0.2) is 9.97 Å². The molecular formula is C18H16FN3. The van der Waals surface area contributed by atoms with E-state index in [4.69, 9.17) is 0 Å². The molecule has 3 nitrogen and oxygen atoms in total. The van der Waals surface area contributed by atoms with Gasteiger partial charge in [0.2, 0.25) is 0 Å². The van der Waals surface area contributed by atoms with Gasteiger partial charge in [0.25, 0.3) is 0 Å². The van der Waals surface area contributed by atoms with E-state index >= 15 is 0 Å². The first-order valence-electron chi connectivity index (χ1n) is 7.09. The molecule has 4 heteroatoms. The Morgan fingerprint density at radius 2 is 1.86 bits per heavy atom. The van der Waals surface area contributed by atoms with Crippen LogP contribution >= 0.6 is 0 Å². The van der Waals surface area contributed by atoms with Gasteiger partial charge in [-0.2, -0.15) is 0 Å². The minimum Gasteiger partial charge on any atom is -0.358 e. The average Bonchev–Trinajstić information content (AvgIpc) is 2.53. The van der Waals surface area contributed by atoms with Crippen molar-refractivity contribution in [3.05, 3.63) is 89.6 Å². The summed E-state index contributed by atoms with van der Waals surface area (Å²) in [6.45, 7) is 1.93. The zero-order chi connectivity index (χ0) is 15.4. The number of benzene rings is 1. The van der Waals surface area contributed by atoms with Gasteiger partial charge in [0, 0.05) is 11.9 Å². The number of aryl methyl sites for hydroxylation is 1. The summed E-state index contributed by atoms with van der Waals surface area (Å²) in [4.78, 5) is 8.84. The molecule has 2 heterocycles. The fraction of sp³-hybridized carbons (Fsp3) is 0.111. The number of nitrogens with zero attached hydrogens (tertiary/aromatic N) is 2. The Kier molecular flexibility index (Phi) is 4.10. The van der Waals surface area contributed by atoms with Crippen LogP contribution in [0.2, 0.25) is 0 Å². The highest BCUT2D eigenvalue weighted by molar-refractivity contribution is 5.43. The highest BCUT2D eigenvalue weighted by atomic mass is 19.1. The molecule has 2 aromatic heterocycles. The minimum atomic E-state index is -0.266. The van der Waals surface area contributed by atoms with E-state index in [1.807, 2.05) is 49.4 Å². The molecule has 1 N–H and O–H groups in total. The molecule has 0 aliphatic heterocycles. The Hall–Kier alpha value is -2.75. The van der Waals surface area contributed by atoms with Crippen LogP contribution in [0, 0.1) is 12.7 Å². The fourth-order valence-electron chi connectivity index (χ4n) is 2.33. The number of rotatable bonds is 4. The van der Waals surface area contributed by atoms with Gasteiger partial charge in [0.15, 0.2) is 0 Å². The van der Waals surface area contributed by atoms with Gasteiger partial charge in [-0.3, -0.25) is 4.98 Å². The summed E-state index contributed by atoms with van der Waals surface area (Å²) in [5.74, 6) is 0.470. The van der Waals surface area contributed by atoms with Crippen molar-refractivity contribution in [3.8, 4) is 0 Å². The molecule has 0 spiro atoms. The molecule has 1 atom stereocenters. The maximum Gasteiger partial charge on any atom is 0.126 e. The van der Waals surface area contributed by atoms with Crippen molar-refractivity contribution >= 4 is 5.82 Å². The van der Waals surface area contributed by atoms with Crippen LogP contribution in [0.1, 0.15) is 23.0 Å². The van der Waals surface area contributed by atoms with Gasteiger partial charge >= 0.3 is 0 Å². The lowest BCUT2D eigenvalue weighted by molar-refractivity contribution is 0.624. The van der Waals surface area contributed by atoms with Gasteiger partial charge in [-0.25, -0.2) is 9.37 Å². The zero-order valence-corrected chi connectivity index (χ0v) is 12.2. The van der Waals surface area contributed by atoms with Gasteiger partial charge in [0.1, 0.15) is 11.6 Å². The van der Waals surface area contributed by atoms with E-state index in [0.717, 1.165) is 22.8 Å². The number of anilines is 1. The van der Waals surface area contributed by atoms with Gasteiger partial charge in [-0.15, -0.1) is 0 Å². The van der Waals surface area contributed by atoms with Crippen LogP contribution in [0.25, 0.3) is 0 Å². The highest BCUT2D eigenvalue weighted by Crippen LogP contribution is 2.25. The van der Waals surface area contributed by atoms with Crippen molar-refractivity contribution in [2.75, 3.05) is 5.32 Å². The van der Waals surface area contributed by atoms with Gasteiger partial charge in [-0.1, -0.05) is 24.3 Å². The van der Waals surface area contributed by atoms with E-state index in [0.29, 0.717) is 0 Å². The van der Waals surface area contributed by atoms with Crippen molar-refractivity contribution < 1.29 is 4.39 Å². The summed E-state index contributed by atoms with van der Waals surface area (Å²) >= 11 is 0. The molecule has 0 aliphatic carbocycles. The number of hydrogen-bond acceptors (Lipinski definition) is 3. The highest BCUT2D eigenvalue weighted by Gasteiger charge is 2.16. The van der Waals surface area contributed by atoms with Crippen molar-refractivity contribution in [2.45, 2.75) is 13.0 Å². The first kappa shape index (κ1) is 14.2. The third-order valence-corrected chi connectivity index (χ3v) is 3.35. The minimum absolute atomic E-state index is 0.258. The molecule has 22 heavy (non-hydrogen) atoms. The Balaban J connectivity index is 2.00. The largest absolute Gasteiger partial charge is 0.358 e. The predicted molar refractivity (Wildman–Crippen MR) is 85.1 cm³/mol. The molecule has 0 amide bonds. The molecular weight excluding hydrogens is 277 g/mol. The van der Waals surface area contributed by atoms with Crippen molar-refractivity contribution in [1.29, 1.82) is 0 Å². The number of hydrogen-bond donors (Lipinski definition) is 1. The van der Waals surface area contributed by atoms with Gasteiger partial charge in [-0.05, 0) is 48.9 Å². The monoisotopic (exact) mass is 293 g/mol. The molecule has 0 saturated heterocycles. The van der Waals surface area contributed by atoms with E-state index in [2.05, 4.69) is 15.3 Å². The standard InChI is InChI=1S/C18H16FN3/c1-13-6-4-10-17(21-13)22-18(16-9-2-3-11-20-16)14-7-5-8-15(19)12-14/h2-12,18H,1H3,(H,21,22). The number of nitrogens with one attached hydrogen (secondary N) is 1. The van der Waals surface area contributed by atoms with Crippen LogP contribution in [0.3, 0.4) is 0 Å². The summed E-state index contributed by atoms with van der Waals surface area (Å²) in [5, 5.41) is 3.34. The summed E-state index contributed by atoms with van der Waals surface area (Å²) in [5.41, 5.74) is 2.54. The molecule has 1 unspecified atom stereocenters. The maximum absolute atomic E-state index is 13.6. The van der Waals surface area contributed by atoms with E-state index in [1.165, 1.54) is 12.1 Å². The third-order valence-electron chi connectivity index (χ3n) is 3.35. The molecule has 0 bridgehead atoms. The normalized spacial score (nSPS) is 11.9. The molecule has 3 rings (SSSR count). The molecule has 1 aromatic carbocycles. The lowest BCUT2D eigenvalue weighted by atomic mass is 10.0. The Labute approximate surface area is 128 Å². The predicted octanol–water partition coefficient (Wildman–Crippen LogP) is 4.13. The Morgan fingerprint density at radius 3 is 2.59 bits per heavy atom. The van der Waals surface area contributed by atoms with Crippen molar-refractivity contribution in [3.63, 3.8) is 0 Å². The Morgan fingerprint density at radius 1 is 1.00 bits per heavy atom. The van der Waals surface area contributed by atoms with E-state index in [9.17, 15) is 4.39 Å². The maximum atomic E-state index is 13.6. The molecule has 0 aliphatic rings. The average molecular weight is 293 g/mol. The summed E-state index contributed by atoms with van der Waals surface area (Å²) in [6.07, 6.45) is 1.73. The SMILES string of the molecule is Cc1cccc(NC(c2cccc(F)c2)c2ccccn2)n1. The van der Waals surface area contributed by atoms with E-state index in [1.54, 1.807) is 12.3 Å². The zero-order valence-electron chi connectivity index (χ0n) is 12.2. The molecule has 110 valence electrons. The molecule has 0 radical (unpaired) electrons. The second-order valence-electron chi connectivity index (χ2n) is 5.05. The van der Waals surface area contributed by atoms with Crippen LogP contribution in [-0.2, 0) is 0 Å². The molecule has 0 saturated carbocycles. The van der Waals surface area contributed by atoms with Crippen molar-refractivity contribution in [1.82, 2.24) is 9.97 Å². The van der Waals surface area contributed by atoms with Gasteiger partial charge in [0.05, 0.1) is 11.7 Å². The first-order chi connectivity index (χ1) is 10.7. The first-order valence-corrected chi connectivity index (χ1v) is 7.09. The van der Waals surface area contributed by atoms with Crippen LogP contribution in [0.15, 0.2) is 66.9 Å².